The molecule has 3 nitrogen and oxygen atoms in total. The number of benzene rings is 1. The van der Waals surface area contributed by atoms with E-state index in [1.807, 2.05) is 45.9 Å². The van der Waals surface area contributed by atoms with Crippen LogP contribution in [-0.2, 0) is 0 Å². The lowest BCUT2D eigenvalue weighted by atomic mass is 10.1. The van der Waals surface area contributed by atoms with Crippen molar-refractivity contribution in [3.8, 4) is 0 Å². The van der Waals surface area contributed by atoms with Crippen LogP contribution in [-0.4, -0.2) is 11.6 Å². The zero-order chi connectivity index (χ0) is 12.8. The van der Waals surface area contributed by atoms with Crippen LogP contribution < -0.4 is 5.43 Å². The monoisotopic (exact) mass is 232 g/mol. The number of carbonyl (C=O) groups is 1. The molecule has 3 heteroatoms. The standard InChI is InChI=1S/C14H20N2O/c1-5-13(6-2)15-16-14(17)12-8-7-10(3)11(4)9-12/h7-9H,5-6H2,1-4H3,(H,16,17). The Morgan fingerprint density at radius 2 is 1.82 bits per heavy atom. The van der Waals surface area contributed by atoms with Gasteiger partial charge in [-0.2, -0.15) is 5.10 Å². The molecule has 0 heterocycles. The molecule has 92 valence electrons. The van der Waals surface area contributed by atoms with Crippen molar-refractivity contribution in [3.63, 3.8) is 0 Å². The zero-order valence-corrected chi connectivity index (χ0v) is 11.0. The fourth-order valence-corrected chi connectivity index (χ4v) is 1.49. The van der Waals surface area contributed by atoms with Crippen molar-refractivity contribution >= 4 is 11.6 Å². The number of nitrogens with zero attached hydrogens (tertiary/aromatic N) is 1. The number of hydrogen-bond acceptors (Lipinski definition) is 2. The van der Waals surface area contributed by atoms with Gasteiger partial charge in [0.15, 0.2) is 0 Å². The maximum atomic E-state index is 11.8. The Balaban J connectivity index is 2.77. The van der Waals surface area contributed by atoms with Crippen LogP contribution in [0, 0.1) is 13.8 Å². The van der Waals surface area contributed by atoms with Crippen molar-refractivity contribution in [3.05, 3.63) is 34.9 Å². The molecule has 1 rings (SSSR count). The Morgan fingerprint density at radius 1 is 1.18 bits per heavy atom. The van der Waals surface area contributed by atoms with Gasteiger partial charge in [-0.3, -0.25) is 4.79 Å². The van der Waals surface area contributed by atoms with E-state index in [1.54, 1.807) is 0 Å². The fourth-order valence-electron chi connectivity index (χ4n) is 1.49. The molecule has 0 aliphatic heterocycles. The first-order valence-electron chi connectivity index (χ1n) is 6.01. The lowest BCUT2D eigenvalue weighted by Gasteiger charge is -2.05. The van der Waals surface area contributed by atoms with Crippen LogP contribution in [0.5, 0.6) is 0 Å². The van der Waals surface area contributed by atoms with Crippen molar-refractivity contribution in [2.45, 2.75) is 40.5 Å². The highest BCUT2D eigenvalue weighted by molar-refractivity contribution is 5.95. The molecule has 0 bridgehead atoms. The molecule has 0 atom stereocenters. The molecule has 0 unspecified atom stereocenters. The first kappa shape index (κ1) is 13.4. The van der Waals surface area contributed by atoms with Gasteiger partial charge in [0.05, 0.1) is 0 Å². The van der Waals surface area contributed by atoms with Crippen LogP contribution in [0.1, 0.15) is 48.2 Å². The van der Waals surface area contributed by atoms with E-state index in [-0.39, 0.29) is 5.91 Å². The Kier molecular flexibility index (Phi) is 4.88. The predicted octanol–water partition coefficient (Wildman–Crippen LogP) is 3.21. The van der Waals surface area contributed by atoms with Gasteiger partial charge < -0.3 is 0 Å². The molecule has 1 aromatic carbocycles. The van der Waals surface area contributed by atoms with Crippen molar-refractivity contribution < 1.29 is 4.79 Å². The summed E-state index contributed by atoms with van der Waals surface area (Å²) in [6.07, 6.45) is 1.73. The summed E-state index contributed by atoms with van der Waals surface area (Å²) in [5.74, 6) is -0.146. The smallest absolute Gasteiger partial charge is 0.267 e. The highest BCUT2D eigenvalue weighted by atomic mass is 16.2. The first-order valence-corrected chi connectivity index (χ1v) is 6.01. The second kappa shape index (κ2) is 6.18. The van der Waals surface area contributed by atoms with Gasteiger partial charge in [-0.25, -0.2) is 5.43 Å². The fraction of sp³-hybridized carbons (Fsp3) is 0.429. The van der Waals surface area contributed by atoms with Crippen LogP contribution in [0.25, 0.3) is 0 Å². The van der Waals surface area contributed by atoms with Gasteiger partial charge in [0.25, 0.3) is 5.91 Å². The van der Waals surface area contributed by atoms with E-state index in [2.05, 4.69) is 10.5 Å². The number of amides is 1. The highest BCUT2D eigenvalue weighted by Gasteiger charge is 2.05. The van der Waals surface area contributed by atoms with Crippen LogP contribution in [0.15, 0.2) is 23.3 Å². The average molecular weight is 232 g/mol. The molecular weight excluding hydrogens is 212 g/mol. The summed E-state index contributed by atoms with van der Waals surface area (Å²) in [4.78, 5) is 11.8. The van der Waals surface area contributed by atoms with Crippen LogP contribution >= 0.6 is 0 Å². The third-order valence-electron chi connectivity index (χ3n) is 2.90. The van der Waals surface area contributed by atoms with E-state index >= 15 is 0 Å². The summed E-state index contributed by atoms with van der Waals surface area (Å²) in [6, 6.07) is 5.66. The number of hydrazone groups is 1. The second-order valence-electron chi connectivity index (χ2n) is 4.13. The third-order valence-corrected chi connectivity index (χ3v) is 2.90. The molecule has 0 saturated carbocycles. The molecule has 1 amide bonds. The van der Waals surface area contributed by atoms with Crippen LogP contribution in [0.4, 0.5) is 0 Å². The Bertz CT molecular complexity index is 430. The number of aryl methyl sites for hydroxylation is 2. The lowest BCUT2D eigenvalue weighted by molar-refractivity contribution is 0.0954. The van der Waals surface area contributed by atoms with E-state index in [1.165, 1.54) is 5.56 Å². The van der Waals surface area contributed by atoms with Crippen LogP contribution in [0.2, 0.25) is 0 Å². The summed E-state index contributed by atoms with van der Waals surface area (Å²) >= 11 is 0. The summed E-state index contributed by atoms with van der Waals surface area (Å²) in [7, 11) is 0. The first-order chi connectivity index (χ1) is 8.08. The molecule has 1 aromatic rings. The second-order valence-corrected chi connectivity index (χ2v) is 4.13. The molecule has 0 fully saturated rings. The lowest BCUT2D eigenvalue weighted by Crippen LogP contribution is -2.19. The number of rotatable bonds is 4. The topological polar surface area (TPSA) is 41.5 Å². The SMILES string of the molecule is CCC(CC)=NNC(=O)c1ccc(C)c(C)c1. The summed E-state index contributed by atoms with van der Waals surface area (Å²) in [6.45, 7) is 8.09. The molecule has 17 heavy (non-hydrogen) atoms. The minimum absolute atomic E-state index is 0.146. The van der Waals surface area contributed by atoms with Crippen molar-refractivity contribution in [2.75, 3.05) is 0 Å². The number of hydrogen-bond donors (Lipinski definition) is 1. The minimum Gasteiger partial charge on any atom is -0.267 e. The maximum Gasteiger partial charge on any atom is 0.271 e. The molecule has 0 spiro atoms. The normalized spacial score (nSPS) is 9.88. The predicted molar refractivity (Wildman–Crippen MR) is 71.4 cm³/mol. The molecule has 1 N–H and O–H groups in total. The van der Waals surface area contributed by atoms with E-state index in [0.717, 1.165) is 24.1 Å². The Hall–Kier alpha value is -1.64. The number of carbonyl (C=O) groups excluding carboxylic acids is 1. The Labute approximate surface area is 103 Å². The quantitative estimate of drug-likeness (QED) is 0.628. The largest absolute Gasteiger partial charge is 0.271 e. The summed E-state index contributed by atoms with van der Waals surface area (Å²) in [5.41, 5.74) is 6.56. The van der Waals surface area contributed by atoms with Gasteiger partial charge in [-0.1, -0.05) is 19.9 Å². The van der Waals surface area contributed by atoms with E-state index < -0.39 is 0 Å². The molecule has 0 saturated heterocycles. The van der Waals surface area contributed by atoms with Gasteiger partial charge in [0, 0.05) is 11.3 Å². The minimum atomic E-state index is -0.146. The molecule has 0 aromatic heterocycles. The van der Waals surface area contributed by atoms with Gasteiger partial charge in [-0.05, 0) is 49.9 Å². The van der Waals surface area contributed by atoms with Gasteiger partial charge in [-0.15, -0.1) is 0 Å². The summed E-state index contributed by atoms with van der Waals surface area (Å²) in [5, 5.41) is 4.11. The molecule has 0 radical (unpaired) electrons. The van der Waals surface area contributed by atoms with Crippen LogP contribution in [0.3, 0.4) is 0 Å². The van der Waals surface area contributed by atoms with Crippen molar-refractivity contribution in [2.24, 2.45) is 5.10 Å². The third kappa shape index (κ3) is 3.70. The van der Waals surface area contributed by atoms with Gasteiger partial charge in [0.1, 0.15) is 0 Å². The van der Waals surface area contributed by atoms with E-state index in [0.29, 0.717) is 5.56 Å². The van der Waals surface area contributed by atoms with E-state index in [9.17, 15) is 4.79 Å². The zero-order valence-electron chi connectivity index (χ0n) is 11.0. The number of nitrogens with one attached hydrogen (secondary N) is 1. The highest BCUT2D eigenvalue weighted by Crippen LogP contribution is 2.09. The van der Waals surface area contributed by atoms with Gasteiger partial charge in [0.2, 0.25) is 0 Å². The molecule has 0 aliphatic rings. The van der Waals surface area contributed by atoms with Crippen molar-refractivity contribution in [1.82, 2.24) is 5.43 Å². The summed E-state index contributed by atoms with van der Waals surface area (Å²) < 4.78 is 0. The average Bonchev–Trinajstić information content (AvgIpc) is 2.33. The maximum absolute atomic E-state index is 11.8. The van der Waals surface area contributed by atoms with E-state index in [4.69, 9.17) is 0 Å². The molecular formula is C14H20N2O. The van der Waals surface area contributed by atoms with Gasteiger partial charge >= 0.3 is 0 Å². The molecule has 0 aliphatic carbocycles. The van der Waals surface area contributed by atoms with Crippen molar-refractivity contribution in [1.29, 1.82) is 0 Å². The Morgan fingerprint density at radius 3 is 2.35 bits per heavy atom.